The molecule has 0 aromatic heterocycles. The van der Waals surface area contributed by atoms with Gasteiger partial charge in [-0.3, -0.25) is 4.79 Å². The number of carboxylic acid groups (broad SMARTS) is 1. The first kappa shape index (κ1) is 6.43. The average molecular weight is 103 g/mol. The van der Waals surface area contributed by atoms with E-state index in [0.717, 1.165) is 0 Å². The smallest absolute Gasteiger partial charge is 0.304 e. The van der Waals surface area contributed by atoms with Gasteiger partial charge in [-0.1, -0.05) is 0 Å². The van der Waals surface area contributed by atoms with Crippen molar-refractivity contribution in [2.45, 2.75) is 19.4 Å². The zero-order valence-electron chi connectivity index (χ0n) is 4.22. The van der Waals surface area contributed by atoms with Gasteiger partial charge in [-0.2, -0.15) is 0 Å². The Morgan fingerprint density at radius 3 is 2.43 bits per heavy atom. The topological polar surface area (TPSA) is 63.3 Å². The van der Waals surface area contributed by atoms with E-state index in [4.69, 9.17) is 10.8 Å². The molecule has 0 aromatic rings. The van der Waals surface area contributed by atoms with Crippen molar-refractivity contribution in [2.75, 3.05) is 0 Å². The number of rotatable bonds is 2. The predicted octanol–water partition coefficient (Wildman–Crippen LogP) is -0.192. The van der Waals surface area contributed by atoms with Gasteiger partial charge >= 0.3 is 5.97 Å². The molecule has 3 nitrogen and oxygen atoms in total. The molecule has 0 radical (unpaired) electrons. The van der Waals surface area contributed by atoms with E-state index < -0.39 is 5.97 Å². The highest BCUT2D eigenvalue weighted by atomic mass is 16.4. The van der Waals surface area contributed by atoms with Crippen LogP contribution in [0.5, 0.6) is 0 Å². The van der Waals surface area contributed by atoms with Crippen molar-refractivity contribution in [1.29, 1.82) is 0 Å². The molecular weight excluding hydrogens is 94.0 g/mol. The molecule has 0 aliphatic heterocycles. The van der Waals surface area contributed by atoms with E-state index in [2.05, 4.69) is 0 Å². The van der Waals surface area contributed by atoms with Crippen LogP contribution in [-0.2, 0) is 4.79 Å². The highest BCUT2D eigenvalue weighted by molar-refractivity contribution is 5.67. The lowest BCUT2D eigenvalue weighted by molar-refractivity contribution is -0.137. The van der Waals surface area contributed by atoms with Crippen LogP contribution >= 0.6 is 0 Å². The van der Waals surface area contributed by atoms with Crippen LogP contribution in [0.3, 0.4) is 0 Å². The molecule has 7 heavy (non-hydrogen) atoms. The standard InChI is InChI=1S/C4H9NO2/c1-3(5)2-4(6)7/h3H,2,5H2,1H3,(H,6,7)/t3-/m1/s1. The monoisotopic (exact) mass is 103 g/mol. The van der Waals surface area contributed by atoms with Crippen molar-refractivity contribution in [1.82, 2.24) is 0 Å². The summed E-state index contributed by atoms with van der Waals surface area (Å²) in [5, 5.41) is 8.00. The Morgan fingerprint density at radius 2 is 2.43 bits per heavy atom. The third-order valence-electron chi connectivity index (χ3n) is 0.497. The van der Waals surface area contributed by atoms with Crippen molar-refractivity contribution in [3.63, 3.8) is 0 Å². The maximum Gasteiger partial charge on any atom is 0.304 e. The maximum atomic E-state index is 9.73. The van der Waals surface area contributed by atoms with Crippen LogP contribution in [0.2, 0.25) is 0 Å². The molecule has 0 unspecified atom stereocenters. The lowest BCUT2D eigenvalue weighted by atomic mass is 10.3. The van der Waals surface area contributed by atoms with Crippen LogP contribution in [0.1, 0.15) is 13.3 Å². The summed E-state index contributed by atoms with van der Waals surface area (Å²) < 4.78 is 0. The van der Waals surface area contributed by atoms with Gasteiger partial charge in [0.05, 0.1) is 6.42 Å². The molecule has 3 heteroatoms. The van der Waals surface area contributed by atoms with Crippen molar-refractivity contribution in [2.24, 2.45) is 5.73 Å². The van der Waals surface area contributed by atoms with Gasteiger partial charge in [0.25, 0.3) is 0 Å². The molecule has 0 amide bonds. The molecule has 0 aliphatic carbocycles. The van der Waals surface area contributed by atoms with Crippen molar-refractivity contribution >= 4 is 5.97 Å². The van der Waals surface area contributed by atoms with Crippen molar-refractivity contribution in [3.05, 3.63) is 0 Å². The third kappa shape index (κ3) is 5.43. The molecule has 0 fully saturated rings. The third-order valence-corrected chi connectivity index (χ3v) is 0.497. The Balaban J connectivity index is 3.13. The normalized spacial score (nSPS) is 13.4. The van der Waals surface area contributed by atoms with Gasteiger partial charge in [0.1, 0.15) is 0 Å². The fourth-order valence-electron chi connectivity index (χ4n) is 0.275. The van der Waals surface area contributed by atoms with E-state index in [0.29, 0.717) is 0 Å². The molecule has 42 valence electrons. The number of aliphatic carboxylic acids is 1. The average Bonchev–Trinajstić information content (AvgIpc) is 1.27. The zero-order valence-corrected chi connectivity index (χ0v) is 4.22. The number of hydrogen-bond donors (Lipinski definition) is 2. The van der Waals surface area contributed by atoms with Gasteiger partial charge in [-0.25, -0.2) is 0 Å². The second-order valence-corrected chi connectivity index (χ2v) is 1.58. The van der Waals surface area contributed by atoms with Gasteiger partial charge < -0.3 is 10.8 Å². The van der Waals surface area contributed by atoms with E-state index >= 15 is 0 Å². The molecule has 0 spiro atoms. The predicted molar refractivity (Wildman–Crippen MR) is 25.9 cm³/mol. The lowest BCUT2D eigenvalue weighted by Gasteiger charge is -1.95. The van der Waals surface area contributed by atoms with E-state index in [9.17, 15) is 4.79 Å². The summed E-state index contributed by atoms with van der Waals surface area (Å²) in [6.45, 7) is 1.66. The quantitative estimate of drug-likeness (QED) is 0.509. The van der Waals surface area contributed by atoms with Gasteiger partial charge in [0, 0.05) is 6.04 Å². The molecule has 0 heterocycles. The van der Waals surface area contributed by atoms with E-state index in [-0.39, 0.29) is 12.5 Å². The Hall–Kier alpha value is -0.570. The molecule has 0 bridgehead atoms. The summed E-state index contributed by atoms with van der Waals surface area (Å²) in [5.41, 5.74) is 5.11. The maximum absolute atomic E-state index is 9.73. The first-order valence-corrected chi connectivity index (χ1v) is 2.10. The zero-order chi connectivity index (χ0) is 5.86. The Labute approximate surface area is 42.1 Å². The summed E-state index contributed by atoms with van der Waals surface area (Å²) in [7, 11) is 0. The molecular formula is C4H9NO2. The van der Waals surface area contributed by atoms with E-state index in [1.165, 1.54) is 0 Å². The van der Waals surface area contributed by atoms with Crippen molar-refractivity contribution < 1.29 is 9.90 Å². The number of carbonyl (C=O) groups is 1. The fourth-order valence-corrected chi connectivity index (χ4v) is 0.275. The molecule has 3 N–H and O–H groups in total. The molecule has 1 atom stereocenters. The summed E-state index contributed by atoms with van der Waals surface area (Å²) in [6, 6.07) is -0.225. The van der Waals surface area contributed by atoms with Crippen LogP contribution in [-0.4, -0.2) is 17.1 Å². The minimum Gasteiger partial charge on any atom is -0.481 e. The highest BCUT2D eigenvalue weighted by Gasteiger charge is 1.98. The number of hydrogen-bond acceptors (Lipinski definition) is 2. The minimum atomic E-state index is -0.838. The number of nitrogens with two attached hydrogens (primary N) is 1. The Bertz CT molecular complexity index is 70.1. The second-order valence-electron chi connectivity index (χ2n) is 1.58. The van der Waals surface area contributed by atoms with E-state index in [1.807, 2.05) is 0 Å². The molecule has 0 aromatic carbocycles. The van der Waals surface area contributed by atoms with Gasteiger partial charge in [-0.05, 0) is 6.92 Å². The Kier molecular flexibility index (Phi) is 2.37. The van der Waals surface area contributed by atoms with Crippen LogP contribution in [0, 0.1) is 0 Å². The molecule has 0 rings (SSSR count). The van der Waals surface area contributed by atoms with Crippen LogP contribution in [0.15, 0.2) is 0 Å². The summed E-state index contributed by atoms with van der Waals surface area (Å²) in [6.07, 6.45) is 0.0556. The molecule has 0 saturated heterocycles. The van der Waals surface area contributed by atoms with Gasteiger partial charge in [0.15, 0.2) is 0 Å². The van der Waals surface area contributed by atoms with Crippen molar-refractivity contribution in [3.8, 4) is 0 Å². The first-order chi connectivity index (χ1) is 3.13. The largest absolute Gasteiger partial charge is 0.481 e. The van der Waals surface area contributed by atoms with Gasteiger partial charge in [0.2, 0.25) is 0 Å². The second kappa shape index (κ2) is 2.58. The molecule has 0 saturated carbocycles. The minimum absolute atomic E-state index is 0.0556. The van der Waals surface area contributed by atoms with Crippen LogP contribution < -0.4 is 5.73 Å². The highest BCUT2D eigenvalue weighted by Crippen LogP contribution is 1.82. The van der Waals surface area contributed by atoms with Crippen LogP contribution in [0.25, 0.3) is 0 Å². The first-order valence-electron chi connectivity index (χ1n) is 2.10. The van der Waals surface area contributed by atoms with Gasteiger partial charge in [-0.15, -0.1) is 0 Å². The van der Waals surface area contributed by atoms with Crippen LogP contribution in [0.4, 0.5) is 0 Å². The summed E-state index contributed by atoms with van der Waals surface area (Å²) >= 11 is 0. The summed E-state index contributed by atoms with van der Waals surface area (Å²) in [4.78, 5) is 9.73. The SMILES string of the molecule is C[C@@H](N)CC(=O)O. The van der Waals surface area contributed by atoms with E-state index in [1.54, 1.807) is 6.92 Å². The Morgan fingerprint density at radius 1 is 2.00 bits per heavy atom. The molecule has 0 aliphatic rings. The lowest BCUT2D eigenvalue weighted by Crippen LogP contribution is -2.18. The fraction of sp³-hybridized carbons (Fsp3) is 0.750. The number of carboxylic acids is 1. The summed E-state index contributed by atoms with van der Waals surface area (Å²) in [5.74, 6) is -0.838.